The Bertz CT molecular complexity index is 564. The molecule has 0 radical (unpaired) electrons. The van der Waals surface area contributed by atoms with Gasteiger partial charge >= 0.3 is 0 Å². The van der Waals surface area contributed by atoms with Crippen LogP contribution in [0.1, 0.15) is 38.3 Å². The Morgan fingerprint density at radius 1 is 0.952 bits per heavy atom. The van der Waals surface area contributed by atoms with Gasteiger partial charge in [0.25, 0.3) is 0 Å². The summed E-state index contributed by atoms with van der Waals surface area (Å²) in [6.07, 6.45) is 4.69. The van der Waals surface area contributed by atoms with Crippen molar-refractivity contribution in [2.45, 2.75) is 40.0 Å². The maximum atomic E-state index is 4.42. The van der Waals surface area contributed by atoms with E-state index in [9.17, 15) is 0 Å². The highest BCUT2D eigenvalue weighted by Gasteiger charge is 2.10. The minimum atomic E-state index is 0.859. The maximum absolute atomic E-state index is 4.42. The van der Waals surface area contributed by atoms with Gasteiger partial charge in [-0.25, -0.2) is 9.97 Å². The molecule has 0 aliphatic rings. The molecule has 2 aromatic rings. The van der Waals surface area contributed by atoms with E-state index in [2.05, 4.69) is 65.6 Å². The van der Waals surface area contributed by atoms with Crippen molar-refractivity contribution in [2.75, 3.05) is 17.2 Å². The molecule has 0 aliphatic carbocycles. The van der Waals surface area contributed by atoms with Crippen molar-refractivity contribution >= 4 is 17.3 Å². The highest BCUT2D eigenvalue weighted by molar-refractivity contribution is 5.65. The lowest BCUT2D eigenvalue weighted by Crippen LogP contribution is -2.08. The van der Waals surface area contributed by atoms with Crippen molar-refractivity contribution in [3.05, 3.63) is 41.7 Å². The lowest BCUT2D eigenvalue weighted by molar-refractivity contribution is 0.902. The number of hydrogen-bond donors (Lipinski definition) is 2. The monoisotopic (exact) mass is 284 g/mol. The molecule has 2 N–H and O–H groups in total. The zero-order chi connectivity index (χ0) is 15.1. The average molecular weight is 284 g/mol. The van der Waals surface area contributed by atoms with Gasteiger partial charge in [0.05, 0.1) is 0 Å². The van der Waals surface area contributed by atoms with Gasteiger partial charge < -0.3 is 10.6 Å². The van der Waals surface area contributed by atoms with Crippen molar-refractivity contribution in [1.82, 2.24) is 9.97 Å². The van der Waals surface area contributed by atoms with Crippen LogP contribution in [0.3, 0.4) is 0 Å². The fraction of sp³-hybridized carbons (Fsp3) is 0.412. The average Bonchev–Trinajstić information content (AvgIpc) is 2.51. The molecule has 4 heteroatoms. The third-order valence-corrected chi connectivity index (χ3v) is 3.41. The Morgan fingerprint density at radius 3 is 2.29 bits per heavy atom. The molecule has 4 nitrogen and oxygen atoms in total. The quantitative estimate of drug-likeness (QED) is 0.801. The molecule has 0 aliphatic heterocycles. The molecule has 1 aromatic heterocycles. The second-order valence-electron chi connectivity index (χ2n) is 5.01. The number of aryl methyl sites for hydroxylation is 1. The molecule has 0 bridgehead atoms. The van der Waals surface area contributed by atoms with Gasteiger partial charge in [0.1, 0.15) is 18.0 Å². The van der Waals surface area contributed by atoms with Crippen molar-refractivity contribution in [1.29, 1.82) is 0 Å². The summed E-state index contributed by atoms with van der Waals surface area (Å²) in [6.45, 7) is 7.27. The highest BCUT2D eigenvalue weighted by atomic mass is 15.1. The van der Waals surface area contributed by atoms with Gasteiger partial charge in [-0.15, -0.1) is 0 Å². The molecule has 0 saturated heterocycles. The van der Waals surface area contributed by atoms with Gasteiger partial charge in [0.2, 0.25) is 0 Å². The fourth-order valence-corrected chi connectivity index (χ4v) is 2.29. The van der Waals surface area contributed by atoms with Crippen LogP contribution in [0.5, 0.6) is 0 Å². The van der Waals surface area contributed by atoms with Gasteiger partial charge in [0, 0.05) is 17.8 Å². The second-order valence-corrected chi connectivity index (χ2v) is 5.01. The zero-order valence-electron chi connectivity index (χ0n) is 13.1. The molecule has 0 saturated carbocycles. The molecule has 0 atom stereocenters. The van der Waals surface area contributed by atoms with Crippen molar-refractivity contribution in [2.24, 2.45) is 0 Å². The predicted octanol–water partition coefficient (Wildman–Crippen LogP) is 4.17. The third kappa shape index (κ3) is 3.94. The first kappa shape index (κ1) is 15.3. The minimum Gasteiger partial charge on any atom is -0.370 e. The number of anilines is 3. The molecule has 0 unspecified atom stereocenters. The van der Waals surface area contributed by atoms with E-state index in [0.29, 0.717) is 0 Å². The molecular formula is C17H24N4. The van der Waals surface area contributed by atoms with Crippen LogP contribution in [0.4, 0.5) is 17.3 Å². The number of nitrogens with zero attached hydrogens (tertiary/aromatic N) is 2. The number of rotatable bonds is 7. The maximum Gasteiger partial charge on any atom is 0.139 e. The summed E-state index contributed by atoms with van der Waals surface area (Å²) in [6, 6.07) is 8.50. The Kier molecular flexibility index (Phi) is 5.55. The minimum absolute atomic E-state index is 0.859. The first-order chi connectivity index (χ1) is 10.3. The molecule has 0 spiro atoms. The van der Waals surface area contributed by atoms with E-state index in [-0.39, 0.29) is 0 Å². The largest absolute Gasteiger partial charge is 0.370 e. The van der Waals surface area contributed by atoms with E-state index >= 15 is 0 Å². The van der Waals surface area contributed by atoms with Gasteiger partial charge in [-0.1, -0.05) is 32.4 Å². The first-order valence-corrected chi connectivity index (χ1v) is 7.72. The number of benzene rings is 1. The van der Waals surface area contributed by atoms with Gasteiger partial charge in [-0.05, 0) is 37.5 Å². The van der Waals surface area contributed by atoms with Crippen LogP contribution in [0.15, 0.2) is 30.6 Å². The fourth-order valence-electron chi connectivity index (χ4n) is 2.29. The summed E-state index contributed by atoms with van der Waals surface area (Å²) in [5.74, 6) is 1.83. The van der Waals surface area contributed by atoms with E-state index in [4.69, 9.17) is 0 Å². The number of nitrogens with one attached hydrogen (secondary N) is 2. The Hall–Kier alpha value is -2.10. The molecule has 21 heavy (non-hydrogen) atoms. The van der Waals surface area contributed by atoms with Crippen molar-refractivity contribution in [3.8, 4) is 0 Å². The lowest BCUT2D eigenvalue weighted by atomic mass is 10.1. The van der Waals surface area contributed by atoms with Crippen LogP contribution in [0.2, 0.25) is 0 Å². The molecule has 0 fully saturated rings. The van der Waals surface area contributed by atoms with Crippen LogP contribution in [0.25, 0.3) is 0 Å². The zero-order valence-corrected chi connectivity index (χ0v) is 13.1. The van der Waals surface area contributed by atoms with Crippen LogP contribution >= 0.6 is 0 Å². The van der Waals surface area contributed by atoms with E-state index < -0.39 is 0 Å². The van der Waals surface area contributed by atoms with E-state index in [1.165, 1.54) is 5.56 Å². The summed E-state index contributed by atoms with van der Waals surface area (Å²) < 4.78 is 0. The topological polar surface area (TPSA) is 49.8 Å². The van der Waals surface area contributed by atoms with Crippen molar-refractivity contribution in [3.63, 3.8) is 0 Å². The summed E-state index contributed by atoms with van der Waals surface area (Å²) in [5.41, 5.74) is 3.55. The molecular weight excluding hydrogens is 260 g/mol. The molecule has 2 rings (SSSR count). The highest BCUT2D eigenvalue weighted by Crippen LogP contribution is 2.25. The molecule has 0 amide bonds. The Labute approximate surface area is 127 Å². The van der Waals surface area contributed by atoms with E-state index in [1.807, 2.05) is 0 Å². The van der Waals surface area contributed by atoms with Crippen LogP contribution < -0.4 is 10.6 Å². The molecule has 1 aromatic carbocycles. The van der Waals surface area contributed by atoms with Crippen LogP contribution in [-0.4, -0.2) is 16.5 Å². The standard InChI is InChI=1S/C17H24N4/c1-4-7-15-16(18-6-3)19-12-20-17(15)21-14-10-8-13(5-2)9-11-14/h8-12H,4-7H2,1-3H3,(H2,18,19,20,21). The normalized spacial score (nSPS) is 10.4. The SMILES string of the molecule is CCCc1c(NCC)ncnc1Nc1ccc(CC)cc1. The Balaban J connectivity index is 2.26. The number of hydrogen-bond acceptors (Lipinski definition) is 4. The first-order valence-electron chi connectivity index (χ1n) is 7.72. The summed E-state index contributed by atoms with van der Waals surface area (Å²) in [5, 5.41) is 6.73. The smallest absolute Gasteiger partial charge is 0.139 e. The lowest BCUT2D eigenvalue weighted by Gasteiger charge is -2.14. The number of aromatic nitrogens is 2. The molecule has 112 valence electrons. The summed E-state index contributed by atoms with van der Waals surface area (Å²) in [4.78, 5) is 8.77. The van der Waals surface area contributed by atoms with Crippen LogP contribution in [-0.2, 0) is 12.8 Å². The van der Waals surface area contributed by atoms with Gasteiger partial charge in [-0.2, -0.15) is 0 Å². The van der Waals surface area contributed by atoms with E-state index in [0.717, 1.165) is 48.7 Å². The van der Waals surface area contributed by atoms with Crippen molar-refractivity contribution < 1.29 is 0 Å². The van der Waals surface area contributed by atoms with E-state index in [1.54, 1.807) is 6.33 Å². The van der Waals surface area contributed by atoms with Gasteiger partial charge in [-0.3, -0.25) is 0 Å². The predicted molar refractivity (Wildman–Crippen MR) is 89.3 cm³/mol. The summed E-state index contributed by atoms with van der Waals surface area (Å²) in [7, 11) is 0. The van der Waals surface area contributed by atoms with Crippen LogP contribution in [0, 0.1) is 0 Å². The van der Waals surface area contributed by atoms with Gasteiger partial charge in [0.15, 0.2) is 0 Å². The Morgan fingerprint density at radius 2 is 1.67 bits per heavy atom. The third-order valence-electron chi connectivity index (χ3n) is 3.41. The molecule has 1 heterocycles. The summed E-state index contributed by atoms with van der Waals surface area (Å²) >= 11 is 0. The second kappa shape index (κ2) is 7.62.